The van der Waals surface area contributed by atoms with Crippen molar-refractivity contribution in [2.75, 3.05) is 18.0 Å². The fourth-order valence-corrected chi connectivity index (χ4v) is 5.77. The minimum atomic E-state index is -4.38. The van der Waals surface area contributed by atoms with E-state index in [-0.39, 0.29) is 11.8 Å². The number of alkyl halides is 3. The third-order valence-corrected chi connectivity index (χ3v) is 7.89. The lowest BCUT2D eigenvalue weighted by atomic mass is 9.97. The van der Waals surface area contributed by atoms with Gasteiger partial charge in [-0.25, -0.2) is 9.97 Å². The van der Waals surface area contributed by atoms with Gasteiger partial charge in [0.15, 0.2) is 5.82 Å². The molecule has 2 N–H and O–H groups in total. The van der Waals surface area contributed by atoms with Gasteiger partial charge in [0.05, 0.1) is 17.0 Å². The predicted molar refractivity (Wildman–Crippen MR) is 143 cm³/mol. The Morgan fingerprint density at radius 2 is 1.95 bits per heavy atom. The molecule has 194 valence electrons. The number of piperidine rings is 1. The van der Waals surface area contributed by atoms with Crippen LogP contribution in [-0.4, -0.2) is 33.9 Å². The van der Waals surface area contributed by atoms with E-state index in [1.807, 2.05) is 12.1 Å². The molecule has 0 spiro atoms. The van der Waals surface area contributed by atoms with Crippen molar-refractivity contribution in [1.29, 1.82) is 0 Å². The van der Waals surface area contributed by atoms with E-state index < -0.39 is 11.7 Å². The molecular weight excluding hydrogens is 511 g/mol. The standard InChI is InChI=1S/C28H24F3N5OS/c29-28(30,31)21-6-4-18(5-7-21)22-13-23-25(35-22)26(34-16-33-23)36-10-1-2-20(15-36)27(37)32-14-17-3-8-24-19(12-17)9-11-38-24/h3-9,11-13,16,20,35H,1-2,10,14-15H2,(H,32,37)/t20-/m0/s1. The monoisotopic (exact) mass is 535 g/mol. The quantitative estimate of drug-likeness (QED) is 0.274. The van der Waals surface area contributed by atoms with Gasteiger partial charge in [0.2, 0.25) is 5.91 Å². The number of hydrogen-bond acceptors (Lipinski definition) is 5. The number of fused-ring (bicyclic) bond motifs is 2. The summed E-state index contributed by atoms with van der Waals surface area (Å²) in [5.41, 5.74) is 3.02. The first kappa shape index (κ1) is 24.4. The van der Waals surface area contributed by atoms with Crippen molar-refractivity contribution < 1.29 is 18.0 Å². The number of amides is 1. The lowest BCUT2D eigenvalue weighted by molar-refractivity contribution is -0.137. The van der Waals surface area contributed by atoms with Gasteiger partial charge < -0.3 is 15.2 Å². The lowest BCUT2D eigenvalue weighted by Gasteiger charge is -2.33. The number of hydrogen-bond donors (Lipinski definition) is 2. The molecule has 5 aromatic rings. The molecule has 1 aliphatic heterocycles. The minimum absolute atomic E-state index is 0.0161. The molecule has 1 atom stereocenters. The lowest BCUT2D eigenvalue weighted by Crippen LogP contribution is -2.43. The van der Waals surface area contributed by atoms with Gasteiger partial charge in [0.1, 0.15) is 11.8 Å². The zero-order valence-electron chi connectivity index (χ0n) is 20.3. The Labute approximate surface area is 220 Å². The van der Waals surface area contributed by atoms with Crippen LogP contribution in [0.25, 0.3) is 32.4 Å². The number of carbonyl (C=O) groups is 1. The van der Waals surface area contributed by atoms with Gasteiger partial charge in [-0.15, -0.1) is 11.3 Å². The molecule has 1 aliphatic rings. The van der Waals surface area contributed by atoms with Crippen molar-refractivity contribution in [2.24, 2.45) is 5.92 Å². The van der Waals surface area contributed by atoms with Crippen LogP contribution in [0.15, 0.2) is 66.3 Å². The van der Waals surface area contributed by atoms with Gasteiger partial charge in [-0.05, 0) is 71.1 Å². The van der Waals surface area contributed by atoms with Crippen LogP contribution in [0.1, 0.15) is 24.0 Å². The first-order valence-corrected chi connectivity index (χ1v) is 13.2. The maximum absolute atomic E-state index is 13.1. The smallest absolute Gasteiger partial charge is 0.354 e. The Morgan fingerprint density at radius 3 is 2.76 bits per heavy atom. The van der Waals surface area contributed by atoms with Crippen LogP contribution in [-0.2, 0) is 17.5 Å². The second kappa shape index (κ2) is 9.75. The van der Waals surface area contributed by atoms with Crippen LogP contribution in [0.4, 0.5) is 19.0 Å². The largest absolute Gasteiger partial charge is 0.416 e. The molecule has 1 fully saturated rings. The van der Waals surface area contributed by atoms with Crippen molar-refractivity contribution >= 4 is 44.2 Å². The highest BCUT2D eigenvalue weighted by atomic mass is 32.1. The second-order valence-corrected chi connectivity index (χ2v) is 10.5. The number of halogens is 3. The number of aromatic nitrogens is 3. The molecule has 10 heteroatoms. The molecular formula is C28H24F3N5OS. The summed E-state index contributed by atoms with van der Waals surface area (Å²) in [5.74, 6) is 0.527. The summed E-state index contributed by atoms with van der Waals surface area (Å²) in [6.07, 6.45) is -1.27. The van der Waals surface area contributed by atoms with Crippen molar-refractivity contribution in [1.82, 2.24) is 20.3 Å². The van der Waals surface area contributed by atoms with Gasteiger partial charge >= 0.3 is 6.18 Å². The highest BCUT2D eigenvalue weighted by molar-refractivity contribution is 7.17. The van der Waals surface area contributed by atoms with Gasteiger partial charge in [-0.1, -0.05) is 18.2 Å². The molecule has 3 aromatic heterocycles. The predicted octanol–water partition coefficient (Wildman–Crippen LogP) is 6.39. The van der Waals surface area contributed by atoms with E-state index in [2.05, 4.69) is 48.7 Å². The highest BCUT2D eigenvalue weighted by Gasteiger charge is 2.30. The molecule has 6 nitrogen and oxygen atoms in total. The molecule has 0 saturated carbocycles. The average molecular weight is 536 g/mol. The Balaban J connectivity index is 1.17. The summed E-state index contributed by atoms with van der Waals surface area (Å²) >= 11 is 1.70. The fraction of sp³-hybridized carbons (Fsp3) is 0.250. The Morgan fingerprint density at radius 1 is 1.11 bits per heavy atom. The molecule has 0 aliphatic carbocycles. The van der Waals surface area contributed by atoms with E-state index in [1.54, 1.807) is 11.3 Å². The third-order valence-electron chi connectivity index (χ3n) is 7.00. The van der Waals surface area contributed by atoms with Crippen LogP contribution in [0.3, 0.4) is 0 Å². The van der Waals surface area contributed by atoms with Gasteiger partial charge in [-0.2, -0.15) is 13.2 Å². The van der Waals surface area contributed by atoms with Gasteiger partial charge in [0, 0.05) is 30.0 Å². The summed E-state index contributed by atoms with van der Waals surface area (Å²) in [7, 11) is 0. The SMILES string of the molecule is O=C(NCc1ccc2sccc2c1)[C@H]1CCCN(c2ncnc3cc(-c4ccc(C(F)(F)F)cc4)[nH]c23)C1. The number of H-pyrrole nitrogens is 1. The first-order valence-electron chi connectivity index (χ1n) is 12.4. The summed E-state index contributed by atoms with van der Waals surface area (Å²) in [6, 6.07) is 15.1. The maximum Gasteiger partial charge on any atom is 0.416 e. The van der Waals surface area contributed by atoms with Crippen molar-refractivity contribution in [3.8, 4) is 11.3 Å². The van der Waals surface area contributed by atoms with Crippen LogP contribution >= 0.6 is 11.3 Å². The molecule has 1 amide bonds. The third kappa shape index (κ3) is 4.83. The van der Waals surface area contributed by atoms with Crippen LogP contribution in [0, 0.1) is 5.92 Å². The van der Waals surface area contributed by atoms with E-state index >= 15 is 0 Å². The summed E-state index contributed by atoms with van der Waals surface area (Å²) in [5, 5.41) is 6.33. The number of rotatable bonds is 5. The van der Waals surface area contributed by atoms with Crippen LogP contribution in [0.5, 0.6) is 0 Å². The fourth-order valence-electron chi connectivity index (χ4n) is 5.00. The van der Waals surface area contributed by atoms with Crippen molar-refractivity contribution in [3.63, 3.8) is 0 Å². The van der Waals surface area contributed by atoms with Crippen LogP contribution < -0.4 is 10.2 Å². The normalized spacial score (nSPS) is 16.3. The first-order chi connectivity index (χ1) is 18.3. The molecule has 0 radical (unpaired) electrons. The van der Waals surface area contributed by atoms with E-state index in [0.717, 1.165) is 37.1 Å². The Bertz CT molecular complexity index is 1610. The molecule has 6 rings (SSSR count). The zero-order valence-corrected chi connectivity index (χ0v) is 21.1. The van der Waals surface area contributed by atoms with Gasteiger partial charge in [-0.3, -0.25) is 4.79 Å². The average Bonchev–Trinajstić information content (AvgIpc) is 3.58. The second-order valence-electron chi connectivity index (χ2n) is 9.51. The Kier molecular flexibility index (Phi) is 6.27. The number of thiophene rings is 1. The zero-order chi connectivity index (χ0) is 26.3. The van der Waals surface area contributed by atoms with E-state index in [9.17, 15) is 18.0 Å². The highest BCUT2D eigenvalue weighted by Crippen LogP contribution is 2.33. The van der Waals surface area contributed by atoms with E-state index in [1.165, 1.54) is 28.5 Å². The molecule has 0 bridgehead atoms. The summed E-state index contributed by atoms with van der Waals surface area (Å²) < 4.78 is 40.1. The topological polar surface area (TPSA) is 73.9 Å². The van der Waals surface area contributed by atoms with E-state index in [4.69, 9.17) is 0 Å². The molecule has 2 aromatic carbocycles. The van der Waals surface area contributed by atoms with E-state index in [0.29, 0.717) is 41.2 Å². The Hall–Kier alpha value is -3.92. The number of nitrogens with zero attached hydrogens (tertiary/aromatic N) is 3. The number of aromatic amines is 1. The molecule has 38 heavy (non-hydrogen) atoms. The molecule has 1 saturated heterocycles. The summed E-state index contributed by atoms with van der Waals surface area (Å²) in [6.45, 7) is 1.75. The van der Waals surface area contributed by atoms with Crippen LogP contribution in [0.2, 0.25) is 0 Å². The maximum atomic E-state index is 13.1. The number of anilines is 1. The number of nitrogens with one attached hydrogen (secondary N) is 2. The molecule has 0 unspecified atom stereocenters. The minimum Gasteiger partial charge on any atom is -0.354 e. The number of benzene rings is 2. The summed E-state index contributed by atoms with van der Waals surface area (Å²) in [4.78, 5) is 27.3. The van der Waals surface area contributed by atoms with Gasteiger partial charge in [0.25, 0.3) is 0 Å². The molecule has 4 heterocycles. The van der Waals surface area contributed by atoms with Crippen molar-refractivity contribution in [2.45, 2.75) is 25.6 Å². The number of carbonyl (C=O) groups excluding carboxylic acids is 1. The van der Waals surface area contributed by atoms with Crippen molar-refractivity contribution in [3.05, 3.63) is 77.4 Å².